The van der Waals surface area contributed by atoms with E-state index in [1.807, 2.05) is 0 Å². The number of benzene rings is 1. The number of alkyl halides is 3. The number of aryl methyl sites for hydroxylation is 2. The highest BCUT2D eigenvalue weighted by atomic mass is 32.2. The summed E-state index contributed by atoms with van der Waals surface area (Å²) in [6, 6.07) is 4.88. The van der Waals surface area contributed by atoms with Gasteiger partial charge in [-0.2, -0.15) is 13.2 Å². The molecule has 0 saturated heterocycles. The van der Waals surface area contributed by atoms with Gasteiger partial charge in [-0.25, -0.2) is 13.1 Å². The summed E-state index contributed by atoms with van der Waals surface area (Å²) in [5, 5.41) is 10.1. The fourth-order valence-electron chi connectivity index (χ4n) is 2.37. The van der Waals surface area contributed by atoms with Crippen molar-refractivity contribution in [1.29, 1.82) is 0 Å². The van der Waals surface area contributed by atoms with E-state index in [4.69, 9.17) is 4.42 Å². The van der Waals surface area contributed by atoms with Gasteiger partial charge in [0.1, 0.15) is 11.5 Å². The smallest absolute Gasteiger partial charge is 0.416 e. The van der Waals surface area contributed by atoms with E-state index in [1.165, 1.54) is 0 Å². The van der Waals surface area contributed by atoms with Crippen molar-refractivity contribution < 1.29 is 31.1 Å². The summed E-state index contributed by atoms with van der Waals surface area (Å²) in [6.07, 6.45) is -5.34. The number of halogens is 3. The first-order valence-corrected chi connectivity index (χ1v) is 8.91. The van der Waals surface area contributed by atoms with E-state index >= 15 is 0 Å². The molecule has 9 heteroatoms. The average Bonchev–Trinajstić information content (AvgIpc) is 2.85. The summed E-state index contributed by atoms with van der Waals surface area (Å²) in [5.41, 5.74) is -0.348. The van der Waals surface area contributed by atoms with Gasteiger partial charge in [-0.1, -0.05) is 0 Å². The molecule has 0 bridgehead atoms. The van der Waals surface area contributed by atoms with Crippen molar-refractivity contribution in [2.24, 2.45) is 0 Å². The minimum atomic E-state index is -4.53. The van der Waals surface area contributed by atoms with Gasteiger partial charge in [0.15, 0.2) is 0 Å². The van der Waals surface area contributed by atoms with E-state index in [-0.39, 0.29) is 17.9 Å². The van der Waals surface area contributed by atoms with Crippen LogP contribution in [0.1, 0.15) is 35.2 Å². The summed E-state index contributed by atoms with van der Waals surface area (Å²) in [6.45, 7) is 3.35. The van der Waals surface area contributed by atoms with E-state index in [0.717, 1.165) is 12.1 Å². The molecule has 1 heterocycles. The van der Waals surface area contributed by atoms with E-state index in [0.29, 0.717) is 29.2 Å². The number of furan rings is 1. The Bertz CT molecular complexity index is 826. The van der Waals surface area contributed by atoms with Gasteiger partial charge < -0.3 is 9.52 Å². The summed E-state index contributed by atoms with van der Waals surface area (Å²) in [5.74, 6) is 1.19. The Hall–Kier alpha value is -1.84. The Morgan fingerprint density at radius 2 is 1.80 bits per heavy atom. The summed E-state index contributed by atoms with van der Waals surface area (Å²) < 4.78 is 69.2. The first-order valence-electron chi connectivity index (χ1n) is 7.42. The number of nitrogens with one attached hydrogen (secondary N) is 1. The van der Waals surface area contributed by atoms with E-state index < -0.39 is 27.9 Å². The van der Waals surface area contributed by atoms with Crippen LogP contribution >= 0.6 is 0 Å². The number of hydrogen-bond acceptors (Lipinski definition) is 4. The standard InChI is InChI=1S/C16H18F3NO4S/c1-10-9-14(11(2)24-10)15(21)7-8-20-25(22,23)13-5-3-12(4-6-13)16(17,18)19/h3-6,9,15,20-21H,7-8H2,1-2H3/t15-/m1/s1. The molecule has 0 spiro atoms. The Kier molecular flexibility index (Phi) is 5.60. The van der Waals surface area contributed by atoms with Crippen molar-refractivity contribution in [1.82, 2.24) is 4.72 Å². The van der Waals surface area contributed by atoms with Gasteiger partial charge in [0, 0.05) is 12.1 Å². The number of hydrogen-bond donors (Lipinski definition) is 2. The average molecular weight is 377 g/mol. The highest BCUT2D eigenvalue weighted by Gasteiger charge is 2.30. The highest BCUT2D eigenvalue weighted by molar-refractivity contribution is 7.89. The van der Waals surface area contributed by atoms with E-state index in [2.05, 4.69) is 4.72 Å². The lowest BCUT2D eigenvalue weighted by molar-refractivity contribution is -0.137. The molecule has 0 saturated carbocycles. The lowest BCUT2D eigenvalue weighted by Gasteiger charge is -2.12. The number of sulfonamides is 1. The molecule has 0 aliphatic carbocycles. The van der Waals surface area contributed by atoms with Crippen molar-refractivity contribution in [3.63, 3.8) is 0 Å². The lowest BCUT2D eigenvalue weighted by Crippen LogP contribution is -2.26. The van der Waals surface area contributed by atoms with Gasteiger partial charge in [0.05, 0.1) is 16.6 Å². The van der Waals surface area contributed by atoms with Gasteiger partial charge in [-0.15, -0.1) is 0 Å². The third-order valence-electron chi connectivity index (χ3n) is 3.64. The fourth-order valence-corrected chi connectivity index (χ4v) is 3.42. The molecule has 1 aromatic carbocycles. The Morgan fingerprint density at radius 3 is 2.28 bits per heavy atom. The van der Waals surface area contributed by atoms with Crippen molar-refractivity contribution in [3.05, 3.63) is 53.0 Å². The maximum atomic E-state index is 12.5. The molecule has 0 fully saturated rings. The highest BCUT2D eigenvalue weighted by Crippen LogP contribution is 2.29. The molecule has 2 N–H and O–H groups in total. The van der Waals surface area contributed by atoms with Crippen LogP contribution in [0.3, 0.4) is 0 Å². The molecule has 0 aliphatic heterocycles. The number of rotatable bonds is 6. The SMILES string of the molecule is Cc1cc([C@H](O)CCNS(=O)(=O)c2ccc(C(F)(F)F)cc2)c(C)o1. The molecular formula is C16H18F3NO4S. The third kappa shape index (κ3) is 4.83. The molecule has 2 aromatic rings. The largest absolute Gasteiger partial charge is 0.466 e. The maximum absolute atomic E-state index is 12.5. The van der Waals surface area contributed by atoms with Crippen LogP contribution < -0.4 is 4.72 Å². The first kappa shape index (κ1) is 19.5. The van der Waals surface area contributed by atoms with Crippen molar-refractivity contribution in [2.45, 2.75) is 37.4 Å². The van der Waals surface area contributed by atoms with Gasteiger partial charge in [-0.05, 0) is 50.6 Å². The molecule has 0 aliphatic rings. The van der Waals surface area contributed by atoms with Crippen LogP contribution in [-0.4, -0.2) is 20.1 Å². The molecule has 1 aromatic heterocycles. The second-order valence-electron chi connectivity index (χ2n) is 5.59. The van der Waals surface area contributed by atoms with Gasteiger partial charge >= 0.3 is 6.18 Å². The topological polar surface area (TPSA) is 79.5 Å². The minimum Gasteiger partial charge on any atom is -0.466 e. The van der Waals surface area contributed by atoms with E-state index in [1.54, 1.807) is 19.9 Å². The van der Waals surface area contributed by atoms with Crippen LogP contribution in [0.2, 0.25) is 0 Å². The van der Waals surface area contributed by atoms with Crippen LogP contribution in [0.5, 0.6) is 0 Å². The molecule has 0 radical (unpaired) electrons. The predicted molar refractivity (Wildman–Crippen MR) is 84.4 cm³/mol. The zero-order valence-electron chi connectivity index (χ0n) is 13.6. The Morgan fingerprint density at radius 1 is 1.20 bits per heavy atom. The number of aliphatic hydroxyl groups excluding tert-OH is 1. The van der Waals surface area contributed by atoms with Gasteiger partial charge in [0.2, 0.25) is 10.0 Å². The van der Waals surface area contributed by atoms with Crippen molar-refractivity contribution in [2.75, 3.05) is 6.54 Å². The zero-order chi connectivity index (χ0) is 18.8. The molecule has 0 unspecified atom stereocenters. The monoisotopic (exact) mass is 377 g/mol. The molecule has 25 heavy (non-hydrogen) atoms. The maximum Gasteiger partial charge on any atom is 0.416 e. The Labute approximate surface area is 143 Å². The minimum absolute atomic E-state index is 0.0752. The first-order chi connectivity index (χ1) is 11.5. The molecular weight excluding hydrogens is 359 g/mol. The van der Waals surface area contributed by atoms with E-state index in [9.17, 15) is 26.7 Å². The normalized spacial score (nSPS) is 13.8. The Balaban J connectivity index is 1.98. The van der Waals surface area contributed by atoms with Crippen LogP contribution in [-0.2, 0) is 16.2 Å². The third-order valence-corrected chi connectivity index (χ3v) is 5.12. The van der Waals surface area contributed by atoms with Crippen LogP contribution in [0.15, 0.2) is 39.6 Å². The quantitative estimate of drug-likeness (QED) is 0.809. The molecule has 2 rings (SSSR count). The van der Waals surface area contributed by atoms with Crippen molar-refractivity contribution in [3.8, 4) is 0 Å². The molecule has 1 atom stereocenters. The second-order valence-corrected chi connectivity index (χ2v) is 7.36. The fraction of sp³-hybridized carbons (Fsp3) is 0.375. The zero-order valence-corrected chi connectivity index (χ0v) is 14.4. The van der Waals surface area contributed by atoms with Gasteiger partial charge in [0.25, 0.3) is 0 Å². The second kappa shape index (κ2) is 7.19. The number of aliphatic hydroxyl groups is 1. The van der Waals surface area contributed by atoms with Gasteiger partial charge in [-0.3, -0.25) is 0 Å². The summed E-state index contributed by atoms with van der Waals surface area (Å²) in [4.78, 5) is -0.273. The molecule has 5 nitrogen and oxygen atoms in total. The summed E-state index contributed by atoms with van der Waals surface area (Å²) >= 11 is 0. The van der Waals surface area contributed by atoms with Crippen LogP contribution in [0.4, 0.5) is 13.2 Å². The van der Waals surface area contributed by atoms with Crippen LogP contribution in [0.25, 0.3) is 0 Å². The summed E-state index contributed by atoms with van der Waals surface area (Å²) in [7, 11) is -3.96. The molecule has 138 valence electrons. The van der Waals surface area contributed by atoms with Crippen LogP contribution in [0, 0.1) is 13.8 Å². The van der Waals surface area contributed by atoms with Crippen molar-refractivity contribution >= 4 is 10.0 Å². The molecule has 0 amide bonds. The predicted octanol–water partition coefficient (Wildman–Crippen LogP) is 3.32. The lowest BCUT2D eigenvalue weighted by atomic mass is 10.1.